The van der Waals surface area contributed by atoms with Crippen LogP contribution in [0.5, 0.6) is 5.75 Å². The third kappa shape index (κ3) is 10.7. The largest absolute Gasteiger partial charge is 0.494 e. The zero-order chi connectivity index (χ0) is 31.2. The summed E-state index contributed by atoms with van der Waals surface area (Å²) in [6.45, 7) is 7.40. The van der Waals surface area contributed by atoms with E-state index >= 15 is 0 Å². The molecule has 0 aliphatic heterocycles. The summed E-state index contributed by atoms with van der Waals surface area (Å²) in [7, 11) is -3.59. The Morgan fingerprint density at radius 2 is 1.56 bits per heavy atom. The Morgan fingerprint density at radius 1 is 0.884 bits per heavy atom. The normalized spacial score (nSPS) is 11.9. The van der Waals surface area contributed by atoms with Gasteiger partial charge in [0.25, 0.3) is 0 Å². The van der Waals surface area contributed by atoms with E-state index in [0.717, 1.165) is 35.8 Å². The molecule has 43 heavy (non-hydrogen) atoms. The molecule has 1 atom stereocenters. The Kier molecular flexibility index (Phi) is 13.1. The van der Waals surface area contributed by atoms with Crippen molar-refractivity contribution in [2.45, 2.75) is 65.5 Å². The Hall–Kier alpha value is -3.85. The molecule has 0 saturated carbocycles. The Labute approximate surface area is 257 Å². The highest BCUT2D eigenvalue weighted by molar-refractivity contribution is 7.92. The Balaban J connectivity index is 1.84. The number of anilines is 1. The number of rotatable bonds is 17. The molecule has 0 aliphatic rings. The van der Waals surface area contributed by atoms with Crippen molar-refractivity contribution in [3.63, 3.8) is 0 Å². The molecule has 9 heteroatoms. The van der Waals surface area contributed by atoms with Gasteiger partial charge in [-0.15, -0.1) is 0 Å². The number of sulfonamides is 1. The second-order valence-corrected chi connectivity index (χ2v) is 12.6. The van der Waals surface area contributed by atoms with Crippen LogP contribution in [0.1, 0.15) is 56.2 Å². The van der Waals surface area contributed by atoms with Crippen molar-refractivity contribution in [2.75, 3.05) is 30.3 Å². The summed E-state index contributed by atoms with van der Waals surface area (Å²) in [6.07, 6.45) is 3.70. The minimum absolute atomic E-state index is 0.0858. The van der Waals surface area contributed by atoms with Gasteiger partial charge in [-0.25, -0.2) is 8.42 Å². The first-order valence-electron chi connectivity index (χ1n) is 15.0. The number of carbonyl (C=O) groups is 2. The summed E-state index contributed by atoms with van der Waals surface area (Å²) < 4.78 is 32.2. The van der Waals surface area contributed by atoms with Gasteiger partial charge in [-0.1, -0.05) is 73.5 Å². The summed E-state index contributed by atoms with van der Waals surface area (Å²) in [5.41, 5.74) is 3.49. The molecule has 232 valence electrons. The molecule has 0 aromatic heterocycles. The van der Waals surface area contributed by atoms with Gasteiger partial charge < -0.3 is 15.0 Å². The van der Waals surface area contributed by atoms with E-state index in [-0.39, 0.29) is 31.3 Å². The van der Waals surface area contributed by atoms with Crippen LogP contribution in [-0.2, 0) is 32.6 Å². The number of aryl methyl sites for hydroxylation is 1. The number of hydrogen-bond donors (Lipinski definition) is 1. The predicted octanol–water partition coefficient (Wildman–Crippen LogP) is 5.50. The number of ether oxygens (including phenoxy) is 1. The van der Waals surface area contributed by atoms with Gasteiger partial charge in [0.1, 0.15) is 11.8 Å². The number of carbonyl (C=O) groups excluding carboxylic acids is 2. The van der Waals surface area contributed by atoms with Crippen molar-refractivity contribution in [2.24, 2.45) is 0 Å². The predicted molar refractivity (Wildman–Crippen MR) is 173 cm³/mol. The van der Waals surface area contributed by atoms with Crippen LogP contribution in [0.25, 0.3) is 0 Å². The highest BCUT2D eigenvalue weighted by Crippen LogP contribution is 2.23. The number of nitrogens with zero attached hydrogens (tertiary/aromatic N) is 2. The fourth-order valence-corrected chi connectivity index (χ4v) is 5.79. The summed E-state index contributed by atoms with van der Waals surface area (Å²) in [5.74, 6) is 0.264. The number of hydrogen-bond acceptors (Lipinski definition) is 5. The average Bonchev–Trinajstić information content (AvgIpc) is 2.98. The lowest BCUT2D eigenvalue weighted by Gasteiger charge is -2.32. The fourth-order valence-electron chi connectivity index (χ4n) is 4.83. The molecule has 2 amide bonds. The van der Waals surface area contributed by atoms with Gasteiger partial charge in [0.2, 0.25) is 21.8 Å². The van der Waals surface area contributed by atoms with E-state index in [2.05, 4.69) is 12.2 Å². The van der Waals surface area contributed by atoms with Crippen molar-refractivity contribution in [3.05, 3.63) is 95.6 Å². The molecule has 3 aromatic carbocycles. The molecule has 0 fully saturated rings. The molecule has 8 nitrogen and oxygen atoms in total. The summed E-state index contributed by atoms with van der Waals surface area (Å²) >= 11 is 0. The first-order valence-corrected chi connectivity index (χ1v) is 16.8. The summed E-state index contributed by atoms with van der Waals surface area (Å²) in [5, 5.41) is 3.03. The lowest BCUT2D eigenvalue weighted by molar-refractivity contribution is -0.141. The van der Waals surface area contributed by atoms with Crippen molar-refractivity contribution in [1.29, 1.82) is 0 Å². The number of amides is 2. The van der Waals surface area contributed by atoms with Crippen LogP contribution in [0.3, 0.4) is 0 Å². The van der Waals surface area contributed by atoms with E-state index < -0.39 is 16.1 Å². The third-order valence-corrected chi connectivity index (χ3v) is 8.36. The maximum atomic E-state index is 13.9. The molecule has 0 aliphatic carbocycles. The minimum Gasteiger partial charge on any atom is -0.494 e. The van der Waals surface area contributed by atoms with Gasteiger partial charge >= 0.3 is 0 Å². The van der Waals surface area contributed by atoms with E-state index in [9.17, 15) is 18.0 Å². The molecule has 0 saturated heterocycles. The second-order valence-electron chi connectivity index (χ2n) is 10.7. The molecule has 0 heterocycles. The van der Waals surface area contributed by atoms with Crippen LogP contribution in [0.2, 0.25) is 0 Å². The molecular weight excluding hydrogens is 562 g/mol. The molecule has 0 spiro atoms. The van der Waals surface area contributed by atoms with Crippen molar-refractivity contribution in [3.8, 4) is 5.75 Å². The molecule has 0 unspecified atom stereocenters. The third-order valence-electron chi connectivity index (χ3n) is 7.16. The first-order chi connectivity index (χ1) is 20.6. The van der Waals surface area contributed by atoms with E-state index in [0.29, 0.717) is 37.4 Å². The smallest absolute Gasteiger partial charge is 0.243 e. The van der Waals surface area contributed by atoms with Crippen LogP contribution in [0, 0.1) is 6.92 Å². The van der Waals surface area contributed by atoms with E-state index in [1.165, 1.54) is 4.31 Å². The fraction of sp³-hybridized carbons (Fsp3) is 0.412. The number of unbranched alkanes of at least 4 members (excludes halogenated alkanes) is 1. The van der Waals surface area contributed by atoms with Crippen LogP contribution in [-0.4, -0.2) is 57.1 Å². The van der Waals surface area contributed by atoms with Gasteiger partial charge in [-0.3, -0.25) is 13.9 Å². The molecular formula is C34H45N3O5S. The van der Waals surface area contributed by atoms with Crippen LogP contribution in [0.15, 0.2) is 78.9 Å². The zero-order valence-electron chi connectivity index (χ0n) is 25.8. The highest BCUT2D eigenvalue weighted by Gasteiger charge is 2.30. The minimum atomic E-state index is -3.59. The van der Waals surface area contributed by atoms with E-state index in [1.54, 1.807) is 29.2 Å². The van der Waals surface area contributed by atoms with Crippen LogP contribution >= 0.6 is 0 Å². The lowest BCUT2D eigenvalue weighted by atomic mass is 10.0. The van der Waals surface area contributed by atoms with Gasteiger partial charge in [0.05, 0.1) is 18.6 Å². The van der Waals surface area contributed by atoms with E-state index in [1.807, 2.05) is 68.4 Å². The summed E-state index contributed by atoms with van der Waals surface area (Å²) in [6, 6.07) is 23.8. The van der Waals surface area contributed by atoms with E-state index in [4.69, 9.17) is 4.74 Å². The topological polar surface area (TPSA) is 96.0 Å². The van der Waals surface area contributed by atoms with Gasteiger partial charge in [0, 0.05) is 32.5 Å². The van der Waals surface area contributed by atoms with Crippen molar-refractivity contribution < 1.29 is 22.7 Å². The molecule has 0 bridgehead atoms. The SMILES string of the molecule is CCCCNC(=O)[C@H](Cc1ccccc1)N(Cc1ccc(C)cc1)C(=O)CCCN(c1ccc(OCC)cc1)S(C)(=O)=O. The average molecular weight is 608 g/mol. The Morgan fingerprint density at radius 3 is 2.16 bits per heavy atom. The molecule has 3 aromatic rings. The molecule has 3 rings (SSSR count). The van der Waals surface area contributed by atoms with Crippen molar-refractivity contribution >= 4 is 27.5 Å². The van der Waals surface area contributed by atoms with Crippen LogP contribution < -0.4 is 14.4 Å². The highest BCUT2D eigenvalue weighted by atomic mass is 32.2. The van der Waals surface area contributed by atoms with Gasteiger partial charge in [-0.05, 0) is 62.1 Å². The Bertz CT molecular complexity index is 1390. The maximum Gasteiger partial charge on any atom is 0.243 e. The van der Waals surface area contributed by atoms with Crippen LogP contribution in [0.4, 0.5) is 5.69 Å². The van der Waals surface area contributed by atoms with Gasteiger partial charge in [-0.2, -0.15) is 0 Å². The standard InChI is InChI=1S/C34H45N3O5S/c1-5-7-23-35-34(39)32(25-28-12-9-8-10-13-28)36(26-29-17-15-27(3)16-18-29)33(38)14-11-24-37(43(4,40)41)30-19-21-31(22-20-30)42-6-2/h8-10,12-13,15-22,32H,5-7,11,14,23-26H2,1-4H3,(H,35,39)/t32-/m0/s1. The first kappa shape index (κ1) is 33.6. The molecule has 1 N–H and O–H groups in total. The summed E-state index contributed by atoms with van der Waals surface area (Å²) in [4.78, 5) is 29.2. The lowest BCUT2D eigenvalue weighted by Crippen LogP contribution is -2.50. The number of benzene rings is 3. The maximum absolute atomic E-state index is 13.9. The zero-order valence-corrected chi connectivity index (χ0v) is 26.6. The number of nitrogens with one attached hydrogen (secondary N) is 1. The van der Waals surface area contributed by atoms with Crippen molar-refractivity contribution in [1.82, 2.24) is 10.2 Å². The molecule has 0 radical (unpaired) electrons. The quantitative estimate of drug-likeness (QED) is 0.205. The van der Waals surface area contributed by atoms with Gasteiger partial charge in [0.15, 0.2) is 0 Å². The monoisotopic (exact) mass is 607 g/mol. The second kappa shape index (κ2) is 16.7.